The van der Waals surface area contributed by atoms with Crippen molar-refractivity contribution in [3.05, 3.63) is 95.4 Å². The van der Waals surface area contributed by atoms with Gasteiger partial charge in [0.05, 0.1) is 25.8 Å². The zero-order valence-corrected chi connectivity index (χ0v) is 20.9. The number of benzene rings is 2. The smallest absolute Gasteiger partial charge is 0.256 e. The molecule has 0 bridgehead atoms. The predicted octanol–water partition coefficient (Wildman–Crippen LogP) is 3.31. The van der Waals surface area contributed by atoms with E-state index in [1.54, 1.807) is 29.4 Å². The molecule has 8 heteroatoms. The molecule has 2 aromatic carbocycles. The molecule has 2 saturated heterocycles. The lowest BCUT2D eigenvalue weighted by atomic mass is 9.96. The van der Waals surface area contributed by atoms with E-state index >= 15 is 0 Å². The third-order valence-electron chi connectivity index (χ3n) is 7.16. The van der Waals surface area contributed by atoms with E-state index in [1.165, 1.54) is 0 Å². The van der Waals surface area contributed by atoms with E-state index in [0.717, 1.165) is 11.1 Å². The van der Waals surface area contributed by atoms with Gasteiger partial charge in [0.15, 0.2) is 0 Å². The fraction of sp³-hybridized carbons (Fsp3) is 0.345. The summed E-state index contributed by atoms with van der Waals surface area (Å²) in [6.45, 7) is 3.15. The molecule has 0 aliphatic carbocycles. The molecule has 0 radical (unpaired) electrons. The van der Waals surface area contributed by atoms with Gasteiger partial charge in [-0.3, -0.25) is 19.3 Å². The normalized spacial score (nSPS) is 18.7. The number of piperidine rings is 1. The van der Waals surface area contributed by atoms with Gasteiger partial charge in [0.2, 0.25) is 11.8 Å². The van der Waals surface area contributed by atoms with E-state index in [4.69, 9.17) is 9.15 Å². The third-order valence-corrected chi connectivity index (χ3v) is 7.16. The van der Waals surface area contributed by atoms with E-state index < -0.39 is 11.8 Å². The van der Waals surface area contributed by atoms with Gasteiger partial charge >= 0.3 is 0 Å². The van der Waals surface area contributed by atoms with Crippen molar-refractivity contribution in [2.24, 2.45) is 0 Å². The summed E-state index contributed by atoms with van der Waals surface area (Å²) < 4.78 is 11.6. The standard InChI is InChI=1S/C29H31N3O5/c1-21-7-5-10-23(17-21)28(35)32-25(27(34)30-19-24-11-6-16-36-24)20-37-29(32)12-14-31(15-13-29)26(33)18-22-8-3-2-4-9-22/h2-11,16-17,25H,12-15,18-20H2,1H3,(H,30,34). The maximum absolute atomic E-state index is 13.8. The molecule has 192 valence electrons. The lowest BCUT2D eigenvalue weighted by molar-refractivity contribution is -0.143. The summed E-state index contributed by atoms with van der Waals surface area (Å²) in [7, 11) is 0. The molecular weight excluding hydrogens is 470 g/mol. The molecule has 2 aliphatic rings. The fourth-order valence-electron chi connectivity index (χ4n) is 5.18. The molecule has 1 spiro atoms. The van der Waals surface area contributed by atoms with E-state index in [0.29, 0.717) is 43.7 Å². The van der Waals surface area contributed by atoms with Gasteiger partial charge in [0.1, 0.15) is 17.5 Å². The molecule has 2 aliphatic heterocycles. The molecular formula is C29H31N3O5. The summed E-state index contributed by atoms with van der Waals surface area (Å²) in [5.74, 6) is 0.132. The molecule has 1 N–H and O–H groups in total. The number of amides is 3. The first-order valence-corrected chi connectivity index (χ1v) is 12.6. The summed E-state index contributed by atoms with van der Waals surface area (Å²) in [6.07, 6.45) is 2.76. The third kappa shape index (κ3) is 5.29. The highest BCUT2D eigenvalue weighted by Gasteiger charge is 2.54. The number of nitrogens with one attached hydrogen (secondary N) is 1. The molecule has 1 atom stereocenters. The SMILES string of the molecule is Cc1cccc(C(=O)N2C(C(=O)NCc3ccco3)COC23CCN(C(=O)Cc2ccccc2)CC3)c1. The Labute approximate surface area is 216 Å². The molecule has 0 saturated carbocycles. The molecule has 1 aromatic heterocycles. The summed E-state index contributed by atoms with van der Waals surface area (Å²) in [5.41, 5.74) is 1.49. The second-order valence-electron chi connectivity index (χ2n) is 9.66. The van der Waals surface area contributed by atoms with Crippen LogP contribution in [0, 0.1) is 6.92 Å². The summed E-state index contributed by atoms with van der Waals surface area (Å²) in [5, 5.41) is 2.88. The van der Waals surface area contributed by atoms with Crippen LogP contribution in [0.1, 0.15) is 40.1 Å². The Hall–Kier alpha value is -3.91. The molecule has 3 amide bonds. The summed E-state index contributed by atoms with van der Waals surface area (Å²) >= 11 is 0. The summed E-state index contributed by atoms with van der Waals surface area (Å²) in [4.78, 5) is 43.5. The maximum atomic E-state index is 13.8. The summed E-state index contributed by atoms with van der Waals surface area (Å²) in [6, 6.07) is 19.8. The second-order valence-corrected chi connectivity index (χ2v) is 9.66. The number of rotatable bonds is 6. The molecule has 3 heterocycles. The monoisotopic (exact) mass is 501 g/mol. The van der Waals surface area contributed by atoms with Crippen LogP contribution in [0.25, 0.3) is 0 Å². The minimum absolute atomic E-state index is 0.0448. The minimum atomic E-state index is -0.947. The van der Waals surface area contributed by atoms with E-state index in [2.05, 4.69) is 5.32 Å². The van der Waals surface area contributed by atoms with Crippen LogP contribution in [0.2, 0.25) is 0 Å². The van der Waals surface area contributed by atoms with Crippen molar-refractivity contribution in [1.82, 2.24) is 15.1 Å². The Morgan fingerprint density at radius 1 is 1.00 bits per heavy atom. The lowest BCUT2D eigenvalue weighted by Crippen LogP contribution is -2.59. The van der Waals surface area contributed by atoms with Crippen LogP contribution in [0.15, 0.2) is 77.4 Å². The van der Waals surface area contributed by atoms with Gasteiger partial charge in [0.25, 0.3) is 5.91 Å². The predicted molar refractivity (Wildman–Crippen MR) is 136 cm³/mol. The van der Waals surface area contributed by atoms with Gasteiger partial charge in [0, 0.05) is 31.5 Å². The Morgan fingerprint density at radius 3 is 2.49 bits per heavy atom. The molecule has 37 heavy (non-hydrogen) atoms. The number of likely N-dealkylation sites (tertiary alicyclic amines) is 1. The quantitative estimate of drug-likeness (QED) is 0.560. The van der Waals surface area contributed by atoms with E-state index in [1.807, 2.05) is 60.4 Å². The lowest BCUT2D eigenvalue weighted by Gasteiger charge is -2.44. The minimum Gasteiger partial charge on any atom is -0.467 e. The van der Waals surface area contributed by atoms with Crippen molar-refractivity contribution in [1.29, 1.82) is 0 Å². The average molecular weight is 502 g/mol. The van der Waals surface area contributed by atoms with Gasteiger partial charge in [-0.2, -0.15) is 0 Å². The van der Waals surface area contributed by atoms with Crippen molar-refractivity contribution in [3.8, 4) is 0 Å². The van der Waals surface area contributed by atoms with Gasteiger partial charge in [-0.15, -0.1) is 0 Å². The molecule has 5 rings (SSSR count). The fourth-order valence-corrected chi connectivity index (χ4v) is 5.18. The highest BCUT2D eigenvalue weighted by atomic mass is 16.5. The Balaban J connectivity index is 1.33. The van der Waals surface area contributed by atoms with Crippen molar-refractivity contribution in [3.63, 3.8) is 0 Å². The molecule has 2 fully saturated rings. The first-order valence-electron chi connectivity index (χ1n) is 12.6. The zero-order chi connectivity index (χ0) is 25.8. The van der Waals surface area contributed by atoms with Crippen LogP contribution in [0.5, 0.6) is 0 Å². The van der Waals surface area contributed by atoms with Crippen LogP contribution >= 0.6 is 0 Å². The highest BCUT2D eigenvalue weighted by Crippen LogP contribution is 2.38. The van der Waals surface area contributed by atoms with Crippen LogP contribution in [-0.4, -0.2) is 59.0 Å². The topological polar surface area (TPSA) is 92.1 Å². The number of carbonyl (C=O) groups is 3. The largest absolute Gasteiger partial charge is 0.467 e. The number of ether oxygens (including phenoxy) is 1. The number of hydrogen-bond donors (Lipinski definition) is 1. The number of nitrogens with zero attached hydrogens (tertiary/aromatic N) is 2. The number of aryl methyl sites for hydroxylation is 1. The van der Waals surface area contributed by atoms with Crippen molar-refractivity contribution in [2.75, 3.05) is 19.7 Å². The van der Waals surface area contributed by atoms with Crippen molar-refractivity contribution < 1.29 is 23.5 Å². The van der Waals surface area contributed by atoms with Gasteiger partial charge in [-0.1, -0.05) is 48.0 Å². The molecule has 1 unspecified atom stereocenters. The van der Waals surface area contributed by atoms with Crippen molar-refractivity contribution >= 4 is 17.7 Å². The highest BCUT2D eigenvalue weighted by molar-refractivity contribution is 5.98. The number of carbonyl (C=O) groups excluding carboxylic acids is 3. The maximum Gasteiger partial charge on any atom is 0.256 e. The Kier molecular flexibility index (Phi) is 7.10. The number of hydrogen-bond acceptors (Lipinski definition) is 5. The van der Waals surface area contributed by atoms with Crippen LogP contribution in [-0.2, 0) is 27.3 Å². The Bertz CT molecular complexity index is 1250. The Morgan fingerprint density at radius 2 is 1.78 bits per heavy atom. The first-order chi connectivity index (χ1) is 17.9. The van der Waals surface area contributed by atoms with Crippen LogP contribution in [0.3, 0.4) is 0 Å². The van der Waals surface area contributed by atoms with Crippen LogP contribution in [0.4, 0.5) is 0 Å². The van der Waals surface area contributed by atoms with Gasteiger partial charge in [-0.05, 0) is 36.8 Å². The van der Waals surface area contributed by atoms with Crippen molar-refractivity contribution in [2.45, 2.75) is 44.5 Å². The molecule has 3 aromatic rings. The first kappa shape index (κ1) is 24.8. The van der Waals surface area contributed by atoms with E-state index in [-0.39, 0.29) is 30.9 Å². The zero-order valence-electron chi connectivity index (χ0n) is 20.9. The average Bonchev–Trinajstić information content (AvgIpc) is 3.56. The van der Waals surface area contributed by atoms with Gasteiger partial charge in [-0.25, -0.2) is 0 Å². The van der Waals surface area contributed by atoms with Gasteiger partial charge < -0.3 is 19.4 Å². The molecule has 8 nitrogen and oxygen atoms in total. The van der Waals surface area contributed by atoms with Crippen LogP contribution < -0.4 is 5.32 Å². The van der Waals surface area contributed by atoms with E-state index in [9.17, 15) is 14.4 Å². The number of furan rings is 1. The second kappa shape index (κ2) is 10.6.